The molecule has 0 fully saturated rings. The van der Waals surface area contributed by atoms with Crippen LogP contribution in [0.5, 0.6) is 0 Å². The molecule has 6 nitrogen and oxygen atoms in total. The van der Waals surface area contributed by atoms with Crippen molar-refractivity contribution < 1.29 is 0 Å². The second kappa shape index (κ2) is 8.71. The number of nitrogens with zero attached hydrogens (tertiary/aromatic N) is 5. The molecule has 1 aliphatic heterocycles. The lowest BCUT2D eigenvalue weighted by molar-refractivity contribution is 0.645. The summed E-state index contributed by atoms with van der Waals surface area (Å²) < 4.78 is 3.05. The molecular formula is C26H24ClN5O. The van der Waals surface area contributed by atoms with Gasteiger partial charge < -0.3 is 0 Å². The van der Waals surface area contributed by atoms with E-state index in [0.717, 1.165) is 22.4 Å². The Morgan fingerprint density at radius 1 is 0.970 bits per heavy atom. The van der Waals surface area contributed by atoms with E-state index in [1.807, 2.05) is 78.7 Å². The summed E-state index contributed by atoms with van der Waals surface area (Å²) in [6.07, 6.45) is 0. The highest BCUT2D eigenvalue weighted by atomic mass is 35.5. The van der Waals surface area contributed by atoms with Crippen molar-refractivity contribution >= 4 is 23.3 Å². The highest BCUT2D eigenvalue weighted by Gasteiger charge is 2.32. The molecule has 4 aromatic rings. The molecule has 1 aromatic heterocycles. The Labute approximate surface area is 197 Å². The summed E-state index contributed by atoms with van der Waals surface area (Å²) in [5, 5.41) is 12.1. The first-order chi connectivity index (χ1) is 16.0. The van der Waals surface area contributed by atoms with Gasteiger partial charge in [-0.1, -0.05) is 83.9 Å². The quantitative estimate of drug-likeness (QED) is 0.440. The number of halogens is 1. The van der Waals surface area contributed by atoms with Crippen LogP contribution in [0.1, 0.15) is 28.2 Å². The van der Waals surface area contributed by atoms with Crippen LogP contribution in [-0.2, 0) is 13.6 Å². The van der Waals surface area contributed by atoms with Crippen LogP contribution in [0.3, 0.4) is 0 Å². The smallest absolute Gasteiger partial charge is 0.263 e. The first-order valence-electron chi connectivity index (χ1n) is 10.9. The molecule has 1 atom stereocenters. The van der Waals surface area contributed by atoms with Crippen LogP contribution in [0.15, 0.2) is 88.8 Å². The predicted molar refractivity (Wildman–Crippen MR) is 132 cm³/mol. The third-order valence-electron chi connectivity index (χ3n) is 5.96. The fourth-order valence-electron chi connectivity index (χ4n) is 4.13. The van der Waals surface area contributed by atoms with Crippen molar-refractivity contribution in [3.8, 4) is 0 Å². The average Bonchev–Trinajstić information content (AvgIpc) is 3.39. The molecule has 1 unspecified atom stereocenters. The minimum absolute atomic E-state index is 0.0460. The molecule has 0 bridgehead atoms. The minimum Gasteiger partial charge on any atom is -0.263 e. The van der Waals surface area contributed by atoms with Gasteiger partial charge >= 0.3 is 5.69 Å². The predicted octanol–water partition coefficient (Wildman–Crippen LogP) is 4.60. The maximum Gasteiger partial charge on any atom is 0.347 e. The lowest BCUT2D eigenvalue weighted by Crippen LogP contribution is -2.25. The molecular weight excluding hydrogens is 434 g/mol. The zero-order chi connectivity index (χ0) is 22.9. The normalized spacial score (nSPS) is 15.7. The number of anilines is 1. The maximum absolute atomic E-state index is 12.9. The molecule has 0 radical (unpaired) electrons. The van der Waals surface area contributed by atoms with Gasteiger partial charge in [-0.2, -0.15) is 5.10 Å². The summed E-state index contributed by atoms with van der Waals surface area (Å²) in [4.78, 5) is 12.9. The van der Waals surface area contributed by atoms with Crippen molar-refractivity contribution in [2.24, 2.45) is 12.1 Å². The summed E-state index contributed by atoms with van der Waals surface area (Å²) in [7, 11) is 1.74. The Balaban J connectivity index is 1.51. The number of hydrogen-bond acceptors (Lipinski definition) is 4. The van der Waals surface area contributed by atoms with Gasteiger partial charge in [0.05, 0.1) is 18.8 Å². The van der Waals surface area contributed by atoms with E-state index in [9.17, 15) is 4.79 Å². The van der Waals surface area contributed by atoms with Crippen LogP contribution in [-0.4, -0.2) is 26.6 Å². The molecule has 0 saturated carbocycles. The van der Waals surface area contributed by atoms with E-state index in [1.165, 1.54) is 10.2 Å². The van der Waals surface area contributed by atoms with Crippen molar-refractivity contribution in [2.45, 2.75) is 19.4 Å². The maximum atomic E-state index is 12.9. The van der Waals surface area contributed by atoms with Gasteiger partial charge in [0.2, 0.25) is 5.95 Å². The molecule has 0 saturated heterocycles. The fourth-order valence-corrected chi connectivity index (χ4v) is 4.25. The first-order valence-corrected chi connectivity index (χ1v) is 11.2. The Morgan fingerprint density at radius 3 is 2.36 bits per heavy atom. The third-order valence-corrected chi connectivity index (χ3v) is 6.21. The van der Waals surface area contributed by atoms with Gasteiger partial charge in [-0.15, -0.1) is 5.10 Å². The first kappa shape index (κ1) is 21.2. The van der Waals surface area contributed by atoms with Crippen LogP contribution >= 0.6 is 11.6 Å². The molecule has 0 N–H and O–H groups in total. The number of rotatable bonds is 5. The Morgan fingerprint density at radius 2 is 1.67 bits per heavy atom. The van der Waals surface area contributed by atoms with Crippen molar-refractivity contribution in [2.75, 3.05) is 11.6 Å². The molecule has 166 valence electrons. The van der Waals surface area contributed by atoms with Crippen molar-refractivity contribution in [1.82, 2.24) is 14.3 Å². The van der Waals surface area contributed by atoms with Gasteiger partial charge in [0.15, 0.2) is 0 Å². The highest BCUT2D eigenvalue weighted by Crippen LogP contribution is 2.31. The van der Waals surface area contributed by atoms with E-state index in [4.69, 9.17) is 16.7 Å². The number of hydrazone groups is 1. The summed E-state index contributed by atoms with van der Waals surface area (Å²) in [6.45, 7) is 3.05. The van der Waals surface area contributed by atoms with E-state index in [0.29, 0.717) is 24.1 Å². The zero-order valence-electron chi connectivity index (χ0n) is 18.5. The van der Waals surface area contributed by atoms with Gasteiger partial charge in [-0.05, 0) is 35.7 Å². The van der Waals surface area contributed by atoms with Gasteiger partial charge in [-0.25, -0.2) is 14.5 Å². The summed E-state index contributed by atoms with van der Waals surface area (Å²) in [6, 6.07) is 26.1. The van der Waals surface area contributed by atoms with E-state index >= 15 is 0 Å². The van der Waals surface area contributed by atoms with Gasteiger partial charge in [0.1, 0.15) is 0 Å². The van der Waals surface area contributed by atoms with Crippen molar-refractivity contribution in [3.05, 3.63) is 117 Å². The lowest BCUT2D eigenvalue weighted by Gasteiger charge is -2.15. The van der Waals surface area contributed by atoms with Crippen LogP contribution in [0.4, 0.5) is 5.95 Å². The topological polar surface area (TPSA) is 55.4 Å². The average molecular weight is 458 g/mol. The highest BCUT2D eigenvalue weighted by molar-refractivity contribution is 6.30. The molecule has 5 rings (SSSR count). The summed E-state index contributed by atoms with van der Waals surface area (Å²) >= 11 is 6.11. The zero-order valence-corrected chi connectivity index (χ0v) is 19.3. The number of hydrogen-bond donors (Lipinski definition) is 0. The molecule has 1 aliphatic rings. The Hall–Kier alpha value is -3.64. The standard InChI is InChI=1S/C26H24ClN5O/c1-18-8-10-19(11-9-18)16-32-26(33)30(2)25(29-32)31-17-23(20-6-4-3-5-7-20)24(28-31)21-12-14-22(27)15-13-21/h3-15,23H,16-17H2,1-2H3. The number of aromatic nitrogens is 3. The SMILES string of the molecule is Cc1ccc(Cn2nc(N3CC(c4ccccc4)C(c4ccc(Cl)cc4)=N3)n(C)c2=O)cc1. The largest absolute Gasteiger partial charge is 0.347 e. The van der Waals surface area contributed by atoms with Gasteiger partial charge in [0.25, 0.3) is 0 Å². The number of benzene rings is 3. The monoisotopic (exact) mass is 457 g/mol. The van der Waals surface area contributed by atoms with Crippen molar-refractivity contribution in [1.29, 1.82) is 0 Å². The molecule has 7 heteroatoms. The fraction of sp³-hybridized carbons (Fsp3) is 0.192. The van der Waals surface area contributed by atoms with Crippen LogP contribution in [0.25, 0.3) is 0 Å². The number of aryl methyl sites for hydroxylation is 1. The summed E-state index contributed by atoms with van der Waals surface area (Å²) in [5.41, 5.74) is 5.13. The van der Waals surface area contributed by atoms with E-state index < -0.39 is 0 Å². The van der Waals surface area contributed by atoms with E-state index in [-0.39, 0.29) is 11.6 Å². The van der Waals surface area contributed by atoms with Gasteiger partial charge in [-0.3, -0.25) is 4.57 Å². The summed E-state index contributed by atoms with van der Waals surface area (Å²) in [5.74, 6) is 0.571. The molecule has 33 heavy (non-hydrogen) atoms. The van der Waals surface area contributed by atoms with Crippen LogP contribution in [0, 0.1) is 6.92 Å². The Kier molecular flexibility index (Phi) is 5.60. The van der Waals surface area contributed by atoms with E-state index in [2.05, 4.69) is 17.2 Å². The molecule has 2 heterocycles. The third kappa shape index (κ3) is 4.22. The lowest BCUT2D eigenvalue weighted by atomic mass is 9.91. The molecule has 0 amide bonds. The van der Waals surface area contributed by atoms with Crippen molar-refractivity contribution in [3.63, 3.8) is 0 Å². The molecule has 3 aromatic carbocycles. The molecule has 0 spiro atoms. The second-order valence-corrected chi connectivity index (χ2v) is 8.76. The van der Waals surface area contributed by atoms with E-state index in [1.54, 1.807) is 11.6 Å². The Bertz CT molecular complexity index is 1350. The van der Waals surface area contributed by atoms with Gasteiger partial charge in [0, 0.05) is 18.0 Å². The van der Waals surface area contributed by atoms with Crippen LogP contribution < -0.4 is 10.7 Å². The van der Waals surface area contributed by atoms with Crippen LogP contribution in [0.2, 0.25) is 5.02 Å². The minimum atomic E-state index is -0.169. The molecule has 0 aliphatic carbocycles. The second-order valence-electron chi connectivity index (χ2n) is 8.32.